The fourth-order valence-corrected chi connectivity index (χ4v) is 9.26. The Hall–Kier alpha value is -1.69. The Kier molecular flexibility index (Phi) is 12.6. The Balaban J connectivity index is 1.70. The van der Waals surface area contributed by atoms with Gasteiger partial charge in [-0.25, -0.2) is 4.79 Å². The zero-order valence-corrected chi connectivity index (χ0v) is 29.2. The van der Waals surface area contributed by atoms with E-state index in [0.717, 1.165) is 38.5 Å². The largest absolute Gasteiger partial charge is 0.441 e. The van der Waals surface area contributed by atoms with E-state index in [9.17, 15) is 4.79 Å². The number of aromatic nitrogens is 1. The molecule has 2 aromatic rings. The third kappa shape index (κ3) is 9.19. The second-order valence-electron chi connectivity index (χ2n) is 13.5. The molecule has 44 heavy (non-hydrogen) atoms. The van der Waals surface area contributed by atoms with E-state index in [-0.39, 0.29) is 24.0 Å². The Morgan fingerprint density at radius 1 is 0.932 bits per heavy atom. The van der Waals surface area contributed by atoms with Crippen LogP contribution in [0.2, 0.25) is 10.0 Å². The molecule has 1 unspecified atom stereocenters. The third-order valence-corrected chi connectivity index (χ3v) is 12.3. The highest BCUT2D eigenvalue weighted by Gasteiger charge is 2.48. The first-order chi connectivity index (χ1) is 20.9. The summed E-state index contributed by atoms with van der Waals surface area (Å²) in [7, 11) is -4.10. The molecule has 6 nitrogen and oxygen atoms in total. The van der Waals surface area contributed by atoms with E-state index in [1.54, 1.807) is 48.8 Å². The molecule has 1 aromatic heterocycles. The van der Waals surface area contributed by atoms with Crippen molar-refractivity contribution in [3.8, 4) is 0 Å². The first-order valence-electron chi connectivity index (χ1n) is 16.1. The van der Waals surface area contributed by atoms with Crippen molar-refractivity contribution in [1.82, 2.24) is 4.98 Å². The van der Waals surface area contributed by atoms with E-state index in [2.05, 4.69) is 46.5 Å². The average Bonchev–Trinajstić information content (AvgIpc) is 2.98. The summed E-state index contributed by atoms with van der Waals surface area (Å²) in [5.41, 5.74) is 1.07. The van der Waals surface area contributed by atoms with Crippen LogP contribution < -0.4 is 0 Å². The minimum absolute atomic E-state index is 0.186. The lowest BCUT2D eigenvalue weighted by Crippen LogP contribution is -2.35. The standard InChI is InChI=1S/C35H48Cl2NO5P/c1-22(2)27-11-9-24(5)32(18-27)42-44(40,43-33-19-28(23(3)4)12-10-25(33)6)35(29-8-7-17-38-21-29)41-34(39)16-14-26-13-15-30(36)20-31(26)37/h7-8,13-17,20-25,27-28,32-33,35H,9-12,18-19H2,1-6H3/b16-14+/t24-,25+,27-,28-,32-,33-,35-,44?/m1/s1. The van der Waals surface area contributed by atoms with Gasteiger partial charge in [-0.1, -0.05) is 76.9 Å². The Morgan fingerprint density at radius 2 is 1.52 bits per heavy atom. The van der Waals surface area contributed by atoms with Crippen LogP contribution in [0.15, 0.2) is 48.8 Å². The number of hydrogen-bond acceptors (Lipinski definition) is 6. The lowest BCUT2D eigenvalue weighted by atomic mass is 9.76. The number of benzene rings is 1. The number of hydrogen-bond donors (Lipinski definition) is 0. The Morgan fingerprint density at radius 3 is 2.02 bits per heavy atom. The number of carbonyl (C=O) groups excluding carboxylic acids is 1. The van der Waals surface area contributed by atoms with Crippen molar-refractivity contribution in [2.24, 2.45) is 35.5 Å². The topological polar surface area (TPSA) is 74.7 Å². The number of pyridine rings is 1. The summed E-state index contributed by atoms with van der Waals surface area (Å²) >= 11 is 12.4. The number of nitrogens with zero attached hydrogens (tertiary/aromatic N) is 1. The molecule has 2 saturated carbocycles. The molecule has 2 aliphatic carbocycles. The monoisotopic (exact) mass is 663 g/mol. The maximum atomic E-state index is 15.4. The molecule has 0 radical (unpaired) electrons. The Labute approximate surface area is 273 Å². The fourth-order valence-electron chi connectivity index (χ4n) is 6.42. The predicted molar refractivity (Wildman–Crippen MR) is 179 cm³/mol. The van der Waals surface area contributed by atoms with E-state index in [1.165, 1.54) is 6.08 Å². The highest BCUT2D eigenvalue weighted by atomic mass is 35.5. The van der Waals surface area contributed by atoms with Crippen molar-refractivity contribution in [2.45, 2.75) is 98.1 Å². The maximum Gasteiger partial charge on any atom is 0.376 e. The summed E-state index contributed by atoms with van der Waals surface area (Å²) in [6, 6.07) is 8.51. The van der Waals surface area contributed by atoms with Gasteiger partial charge in [0.25, 0.3) is 0 Å². The number of ether oxygens (including phenoxy) is 1. The van der Waals surface area contributed by atoms with E-state index in [4.69, 9.17) is 37.0 Å². The highest BCUT2D eigenvalue weighted by Crippen LogP contribution is 2.65. The van der Waals surface area contributed by atoms with Crippen molar-refractivity contribution in [1.29, 1.82) is 0 Å². The number of halogens is 2. The normalized spacial score (nSPS) is 28.2. The number of esters is 1. The van der Waals surface area contributed by atoms with Crippen LogP contribution in [-0.4, -0.2) is 23.2 Å². The number of rotatable bonds is 11. The second-order valence-corrected chi connectivity index (χ2v) is 16.3. The van der Waals surface area contributed by atoms with Crippen LogP contribution in [0.5, 0.6) is 0 Å². The molecule has 8 atom stereocenters. The van der Waals surface area contributed by atoms with Crippen LogP contribution in [-0.2, 0) is 23.1 Å². The third-order valence-electron chi connectivity index (χ3n) is 9.62. The van der Waals surface area contributed by atoms with Crippen molar-refractivity contribution >= 4 is 42.8 Å². The quantitative estimate of drug-likeness (QED) is 0.135. The van der Waals surface area contributed by atoms with Crippen LogP contribution in [0.1, 0.15) is 97.0 Å². The van der Waals surface area contributed by atoms with Gasteiger partial charge in [0.05, 0.1) is 12.2 Å². The van der Waals surface area contributed by atoms with Gasteiger partial charge >= 0.3 is 13.6 Å². The zero-order valence-electron chi connectivity index (χ0n) is 26.8. The summed E-state index contributed by atoms with van der Waals surface area (Å²) in [6.07, 6.45) is 11.2. The average molecular weight is 665 g/mol. The molecule has 9 heteroatoms. The molecule has 2 fully saturated rings. The minimum Gasteiger partial charge on any atom is -0.441 e. The van der Waals surface area contributed by atoms with Crippen molar-refractivity contribution in [2.75, 3.05) is 0 Å². The van der Waals surface area contributed by atoms with Crippen LogP contribution >= 0.6 is 30.8 Å². The van der Waals surface area contributed by atoms with E-state index in [1.807, 2.05) is 0 Å². The van der Waals surface area contributed by atoms with Gasteiger partial charge in [-0.15, -0.1) is 0 Å². The predicted octanol–water partition coefficient (Wildman–Crippen LogP) is 10.8. The summed E-state index contributed by atoms with van der Waals surface area (Å²) in [6.45, 7) is 13.2. The highest BCUT2D eigenvalue weighted by molar-refractivity contribution is 7.54. The molecular formula is C35H48Cl2NO5P. The van der Waals surface area contributed by atoms with E-state index < -0.39 is 19.4 Å². The SMILES string of the molecule is CC(C)[C@@H]1CC[C@@H](C)[C@H](OP(=O)(O[C@@H]2C[C@H](C(C)C)CC[C@@H]2C)[C@@H](OC(=O)/C=C/c2ccc(Cl)cc2Cl)c2cccnc2)C1. The molecule has 4 rings (SSSR count). The summed E-state index contributed by atoms with van der Waals surface area (Å²) < 4.78 is 34.8. The zero-order chi connectivity index (χ0) is 32.0. The molecule has 1 aromatic carbocycles. The van der Waals surface area contributed by atoms with Crippen molar-refractivity contribution in [3.05, 3.63) is 70.0 Å². The fraction of sp³-hybridized carbons (Fsp3) is 0.600. The number of carbonyl (C=O) groups is 1. The van der Waals surface area contributed by atoms with Crippen LogP contribution in [0.3, 0.4) is 0 Å². The van der Waals surface area contributed by atoms with E-state index >= 15 is 4.57 Å². The van der Waals surface area contributed by atoms with Crippen molar-refractivity contribution in [3.63, 3.8) is 0 Å². The molecule has 1 heterocycles. The van der Waals surface area contributed by atoms with Crippen LogP contribution in [0.25, 0.3) is 6.08 Å². The summed E-state index contributed by atoms with van der Waals surface area (Å²) in [5, 5.41) is 0.898. The molecular weight excluding hydrogens is 616 g/mol. The molecule has 0 N–H and O–H groups in total. The molecule has 0 aliphatic heterocycles. The van der Waals surface area contributed by atoms with Gasteiger partial charge in [0.2, 0.25) is 5.85 Å². The van der Waals surface area contributed by atoms with Gasteiger partial charge in [0.15, 0.2) is 0 Å². The summed E-state index contributed by atoms with van der Waals surface area (Å²) in [4.78, 5) is 17.7. The van der Waals surface area contributed by atoms with Gasteiger partial charge in [-0.3, -0.25) is 9.55 Å². The van der Waals surface area contributed by atoms with Gasteiger partial charge in [0.1, 0.15) is 0 Å². The van der Waals surface area contributed by atoms with E-state index in [0.29, 0.717) is 44.8 Å². The van der Waals surface area contributed by atoms with Crippen LogP contribution in [0.4, 0.5) is 0 Å². The molecule has 242 valence electrons. The lowest BCUT2D eigenvalue weighted by molar-refractivity contribution is -0.141. The smallest absolute Gasteiger partial charge is 0.376 e. The van der Waals surface area contributed by atoms with Crippen LogP contribution in [0, 0.1) is 35.5 Å². The lowest BCUT2D eigenvalue weighted by Gasteiger charge is -2.42. The van der Waals surface area contributed by atoms with Gasteiger partial charge in [-0.2, -0.15) is 0 Å². The molecule has 0 spiro atoms. The molecule has 0 saturated heterocycles. The van der Waals surface area contributed by atoms with Gasteiger partial charge in [0, 0.05) is 34.1 Å². The van der Waals surface area contributed by atoms with Gasteiger partial charge in [-0.05, 0) is 104 Å². The first-order valence-corrected chi connectivity index (χ1v) is 18.4. The maximum absolute atomic E-state index is 15.4. The second kappa shape index (κ2) is 15.7. The Bertz CT molecular complexity index is 1280. The molecule has 2 aliphatic rings. The first kappa shape index (κ1) is 35.2. The van der Waals surface area contributed by atoms with Crippen molar-refractivity contribution < 1.29 is 23.1 Å². The van der Waals surface area contributed by atoms with Gasteiger partial charge < -0.3 is 13.8 Å². The summed E-state index contributed by atoms with van der Waals surface area (Å²) in [5.74, 6) is 0.271. The molecule has 0 amide bonds. The molecule has 0 bridgehead atoms. The minimum atomic E-state index is -4.10.